The monoisotopic (exact) mass is 374 g/mol. The number of hydrogen-bond acceptors (Lipinski definition) is 6. The van der Waals surface area contributed by atoms with E-state index >= 15 is 0 Å². The number of rotatable bonds is 7. The molecule has 2 aromatic rings. The third-order valence-electron chi connectivity index (χ3n) is 4.17. The van der Waals surface area contributed by atoms with Gasteiger partial charge in [0.05, 0.1) is 12.1 Å². The van der Waals surface area contributed by atoms with Gasteiger partial charge in [0, 0.05) is 18.3 Å². The van der Waals surface area contributed by atoms with E-state index in [0.717, 1.165) is 23.3 Å². The maximum atomic E-state index is 12.0. The van der Waals surface area contributed by atoms with E-state index in [0.29, 0.717) is 30.4 Å². The number of nitrogens with zero attached hydrogens (tertiary/aromatic N) is 2. The van der Waals surface area contributed by atoms with Crippen molar-refractivity contribution in [3.05, 3.63) is 40.4 Å². The number of thiazole rings is 1. The predicted molar refractivity (Wildman–Crippen MR) is 99.8 cm³/mol. The standard InChI is InChI=1S/C19H22N2O4S/c1-13-5-3-6-14(2)18(13)25-10-9-24-17(23)11-15-12-26-19(20-15)21-8-4-7-16(21)22/h3,5-6,12H,4,7-11H2,1-2H3. The van der Waals surface area contributed by atoms with Crippen molar-refractivity contribution in [1.82, 2.24) is 4.98 Å². The zero-order valence-corrected chi connectivity index (χ0v) is 15.8. The summed E-state index contributed by atoms with van der Waals surface area (Å²) >= 11 is 1.38. The number of aryl methyl sites for hydroxylation is 2. The van der Waals surface area contributed by atoms with Gasteiger partial charge in [-0.3, -0.25) is 14.5 Å². The molecule has 7 heteroatoms. The van der Waals surface area contributed by atoms with Crippen LogP contribution in [0.4, 0.5) is 5.13 Å². The van der Waals surface area contributed by atoms with Crippen LogP contribution in [-0.4, -0.2) is 36.6 Å². The molecular weight excluding hydrogens is 352 g/mol. The Morgan fingerprint density at radius 2 is 2.04 bits per heavy atom. The molecule has 1 amide bonds. The fourth-order valence-electron chi connectivity index (χ4n) is 2.88. The molecule has 0 aliphatic carbocycles. The largest absolute Gasteiger partial charge is 0.489 e. The first-order valence-electron chi connectivity index (χ1n) is 8.64. The van der Waals surface area contributed by atoms with Crippen LogP contribution in [0, 0.1) is 13.8 Å². The van der Waals surface area contributed by atoms with E-state index in [1.165, 1.54) is 11.3 Å². The lowest BCUT2D eigenvalue weighted by Crippen LogP contribution is -2.23. The van der Waals surface area contributed by atoms with E-state index in [4.69, 9.17) is 9.47 Å². The Morgan fingerprint density at radius 3 is 2.73 bits per heavy atom. The van der Waals surface area contributed by atoms with Crippen LogP contribution in [-0.2, 0) is 20.7 Å². The van der Waals surface area contributed by atoms with E-state index in [1.54, 1.807) is 10.3 Å². The normalized spacial score (nSPS) is 13.9. The Kier molecular flexibility index (Phi) is 5.88. The lowest BCUT2D eigenvalue weighted by atomic mass is 10.1. The van der Waals surface area contributed by atoms with Crippen LogP contribution < -0.4 is 9.64 Å². The van der Waals surface area contributed by atoms with Crippen LogP contribution in [0.25, 0.3) is 0 Å². The summed E-state index contributed by atoms with van der Waals surface area (Å²) in [4.78, 5) is 29.7. The maximum absolute atomic E-state index is 12.0. The summed E-state index contributed by atoms with van der Waals surface area (Å²) in [5.74, 6) is 0.583. The van der Waals surface area contributed by atoms with Crippen molar-refractivity contribution in [2.75, 3.05) is 24.7 Å². The van der Waals surface area contributed by atoms with E-state index in [2.05, 4.69) is 4.98 Å². The highest BCUT2D eigenvalue weighted by molar-refractivity contribution is 7.14. The first kappa shape index (κ1) is 18.4. The molecule has 0 unspecified atom stereocenters. The van der Waals surface area contributed by atoms with Crippen molar-refractivity contribution >= 4 is 28.3 Å². The Bertz CT molecular complexity index is 782. The molecule has 6 nitrogen and oxygen atoms in total. The van der Waals surface area contributed by atoms with Crippen LogP contribution in [0.2, 0.25) is 0 Å². The molecule has 2 heterocycles. The van der Waals surface area contributed by atoms with Crippen LogP contribution >= 0.6 is 11.3 Å². The number of benzene rings is 1. The number of amides is 1. The zero-order chi connectivity index (χ0) is 18.5. The molecule has 0 bridgehead atoms. The van der Waals surface area contributed by atoms with Crippen LogP contribution in [0.15, 0.2) is 23.6 Å². The highest BCUT2D eigenvalue weighted by atomic mass is 32.1. The molecule has 26 heavy (non-hydrogen) atoms. The number of carbonyl (C=O) groups excluding carboxylic acids is 2. The molecule has 1 fully saturated rings. The first-order valence-corrected chi connectivity index (χ1v) is 9.52. The molecule has 1 aromatic heterocycles. The average Bonchev–Trinajstić information content (AvgIpc) is 3.22. The molecule has 1 aromatic carbocycles. The second-order valence-electron chi connectivity index (χ2n) is 6.24. The minimum atomic E-state index is -0.347. The number of anilines is 1. The molecule has 1 aliphatic rings. The van der Waals surface area contributed by atoms with Crippen molar-refractivity contribution in [3.63, 3.8) is 0 Å². The summed E-state index contributed by atoms with van der Waals surface area (Å²) in [6.45, 7) is 5.17. The summed E-state index contributed by atoms with van der Waals surface area (Å²) in [6, 6.07) is 5.95. The molecule has 3 rings (SSSR count). The number of para-hydroxylation sites is 1. The third kappa shape index (κ3) is 4.40. The Balaban J connectivity index is 1.43. The van der Waals surface area contributed by atoms with Crippen LogP contribution in [0.5, 0.6) is 5.75 Å². The van der Waals surface area contributed by atoms with Crippen molar-refractivity contribution < 1.29 is 19.1 Å². The summed E-state index contributed by atoms with van der Waals surface area (Å²) in [6.07, 6.45) is 1.52. The number of esters is 1. The molecule has 138 valence electrons. The predicted octanol–water partition coefficient (Wildman–Crippen LogP) is 3.05. The Hall–Kier alpha value is -2.41. The summed E-state index contributed by atoms with van der Waals surface area (Å²) in [5, 5.41) is 2.46. The number of ether oxygens (including phenoxy) is 2. The SMILES string of the molecule is Cc1cccc(C)c1OCCOC(=O)Cc1csc(N2CCCC2=O)n1. The second-order valence-corrected chi connectivity index (χ2v) is 7.07. The maximum Gasteiger partial charge on any atom is 0.312 e. The molecule has 0 saturated carbocycles. The molecule has 1 saturated heterocycles. The molecule has 0 spiro atoms. The zero-order valence-electron chi connectivity index (χ0n) is 15.0. The summed E-state index contributed by atoms with van der Waals surface area (Å²) in [5.41, 5.74) is 2.75. The van der Waals surface area contributed by atoms with Crippen molar-refractivity contribution in [1.29, 1.82) is 0 Å². The van der Waals surface area contributed by atoms with Gasteiger partial charge in [0.15, 0.2) is 5.13 Å². The Morgan fingerprint density at radius 1 is 1.27 bits per heavy atom. The van der Waals surface area contributed by atoms with Gasteiger partial charge in [-0.05, 0) is 31.4 Å². The van der Waals surface area contributed by atoms with Gasteiger partial charge >= 0.3 is 5.97 Å². The van der Waals surface area contributed by atoms with E-state index in [-0.39, 0.29) is 24.9 Å². The van der Waals surface area contributed by atoms with Gasteiger partial charge in [-0.25, -0.2) is 4.98 Å². The molecule has 0 N–H and O–H groups in total. The van der Waals surface area contributed by atoms with Gasteiger partial charge < -0.3 is 9.47 Å². The minimum Gasteiger partial charge on any atom is -0.489 e. The minimum absolute atomic E-state index is 0.0946. The molecule has 0 radical (unpaired) electrons. The smallest absolute Gasteiger partial charge is 0.312 e. The van der Waals surface area contributed by atoms with Gasteiger partial charge in [-0.15, -0.1) is 11.3 Å². The van der Waals surface area contributed by atoms with Gasteiger partial charge in [-0.2, -0.15) is 0 Å². The van der Waals surface area contributed by atoms with E-state index in [1.807, 2.05) is 32.0 Å². The lowest BCUT2D eigenvalue weighted by Gasteiger charge is -2.12. The quantitative estimate of drug-likeness (QED) is 0.550. The molecule has 1 aliphatic heterocycles. The number of hydrogen-bond donors (Lipinski definition) is 0. The first-order chi connectivity index (χ1) is 12.5. The third-order valence-corrected chi connectivity index (χ3v) is 5.08. The Labute approximate surface area is 156 Å². The van der Waals surface area contributed by atoms with Gasteiger partial charge in [0.25, 0.3) is 0 Å². The van der Waals surface area contributed by atoms with Gasteiger partial charge in [-0.1, -0.05) is 18.2 Å². The van der Waals surface area contributed by atoms with E-state index in [9.17, 15) is 9.59 Å². The fourth-order valence-corrected chi connectivity index (χ4v) is 3.74. The average molecular weight is 374 g/mol. The fraction of sp³-hybridized carbons (Fsp3) is 0.421. The molecular formula is C19H22N2O4S. The highest BCUT2D eigenvalue weighted by Crippen LogP contribution is 2.25. The van der Waals surface area contributed by atoms with Gasteiger partial charge in [0.2, 0.25) is 5.91 Å². The highest BCUT2D eigenvalue weighted by Gasteiger charge is 2.24. The number of aromatic nitrogens is 1. The topological polar surface area (TPSA) is 68.7 Å². The van der Waals surface area contributed by atoms with Gasteiger partial charge in [0.1, 0.15) is 19.0 Å². The van der Waals surface area contributed by atoms with E-state index < -0.39 is 0 Å². The van der Waals surface area contributed by atoms with Crippen molar-refractivity contribution in [2.45, 2.75) is 33.1 Å². The number of carbonyl (C=O) groups is 2. The molecule has 0 atom stereocenters. The second kappa shape index (κ2) is 8.31. The van der Waals surface area contributed by atoms with Crippen molar-refractivity contribution in [2.24, 2.45) is 0 Å². The summed E-state index contributed by atoms with van der Waals surface area (Å²) in [7, 11) is 0. The summed E-state index contributed by atoms with van der Waals surface area (Å²) < 4.78 is 10.9. The van der Waals surface area contributed by atoms with Crippen LogP contribution in [0.3, 0.4) is 0 Å². The van der Waals surface area contributed by atoms with Crippen LogP contribution in [0.1, 0.15) is 29.7 Å². The van der Waals surface area contributed by atoms with Crippen molar-refractivity contribution in [3.8, 4) is 5.75 Å². The lowest BCUT2D eigenvalue weighted by molar-refractivity contribution is -0.143.